The number of esters is 2. The van der Waals surface area contributed by atoms with Gasteiger partial charge in [0.2, 0.25) is 0 Å². The topological polar surface area (TPSA) is 89.8 Å². The molecule has 1 aromatic carbocycles. The number of hydrogen-bond acceptors (Lipinski definition) is 6. The molecule has 1 aromatic heterocycles. The number of benzene rings is 1. The zero-order chi connectivity index (χ0) is 21.7. The van der Waals surface area contributed by atoms with E-state index in [1.807, 2.05) is 13.0 Å². The standard InChI is InChI=1S/C22H24N2O5S/c1-4-6-15-18(21(26)28-5-2)19(24-22(30)23-15)17-12-11-16(29-17)13-7-9-14(10-8-13)20(25)27-3/h7-12,19H,4-6H2,1-3H3,(H2,23,24,30)/t19-/m0/s1. The molecule has 0 unspecified atom stereocenters. The number of ether oxygens (including phenoxy) is 2. The van der Waals surface area contributed by atoms with Crippen LogP contribution in [0.5, 0.6) is 0 Å². The molecule has 158 valence electrons. The molecule has 0 amide bonds. The quantitative estimate of drug-likeness (QED) is 0.507. The molecular weight excluding hydrogens is 404 g/mol. The largest absolute Gasteiger partial charge is 0.465 e. The number of hydrogen-bond donors (Lipinski definition) is 2. The van der Waals surface area contributed by atoms with E-state index >= 15 is 0 Å². The van der Waals surface area contributed by atoms with Gasteiger partial charge in [-0.2, -0.15) is 0 Å². The highest BCUT2D eigenvalue weighted by molar-refractivity contribution is 7.80. The second kappa shape index (κ2) is 9.58. The van der Waals surface area contributed by atoms with Crippen molar-refractivity contribution >= 4 is 29.3 Å². The molecule has 30 heavy (non-hydrogen) atoms. The Morgan fingerprint density at radius 1 is 1.10 bits per heavy atom. The lowest BCUT2D eigenvalue weighted by Crippen LogP contribution is -2.45. The Hall–Kier alpha value is -3.13. The average Bonchev–Trinajstić information content (AvgIpc) is 3.23. The summed E-state index contributed by atoms with van der Waals surface area (Å²) in [6.07, 6.45) is 1.51. The summed E-state index contributed by atoms with van der Waals surface area (Å²) in [4.78, 5) is 24.3. The predicted molar refractivity (Wildman–Crippen MR) is 116 cm³/mol. The van der Waals surface area contributed by atoms with E-state index < -0.39 is 18.0 Å². The maximum Gasteiger partial charge on any atom is 0.338 e. The van der Waals surface area contributed by atoms with Crippen LogP contribution in [0.4, 0.5) is 0 Å². The molecule has 2 heterocycles. The molecule has 2 N–H and O–H groups in total. The summed E-state index contributed by atoms with van der Waals surface area (Å²) in [5.41, 5.74) is 2.45. The number of thiocarbonyl (C=S) groups is 1. The molecule has 2 aromatic rings. The van der Waals surface area contributed by atoms with Crippen molar-refractivity contribution in [3.05, 3.63) is 59.0 Å². The van der Waals surface area contributed by atoms with E-state index in [9.17, 15) is 9.59 Å². The Balaban J connectivity index is 1.95. The van der Waals surface area contributed by atoms with E-state index in [-0.39, 0.29) is 6.61 Å². The Bertz CT molecular complexity index is 978. The number of methoxy groups -OCH3 is 1. The third-order valence-corrected chi connectivity index (χ3v) is 4.87. The van der Waals surface area contributed by atoms with E-state index in [1.54, 1.807) is 37.3 Å². The monoisotopic (exact) mass is 428 g/mol. The van der Waals surface area contributed by atoms with Crippen LogP contribution in [-0.4, -0.2) is 30.8 Å². The molecule has 1 aliphatic rings. The van der Waals surface area contributed by atoms with Crippen LogP contribution < -0.4 is 10.6 Å². The van der Waals surface area contributed by atoms with Gasteiger partial charge in [-0.05, 0) is 49.8 Å². The van der Waals surface area contributed by atoms with Gasteiger partial charge in [0.15, 0.2) is 5.11 Å². The lowest BCUT2D eigenvalue weighted by molar-refractivity contribution is -0.139. The minimum atomic E-state index is -0.553. The van der Waals surface area contributed by atoms with Crippen LogP contribution >= 0.6 is 12.2 Å². The van der Waals surface area contributed by atoms with E-state index in [0.29, 0.717) is 34.2 Å². The van der Waals surface area contributed by atoms with E-state index in [0.717, 1.165) is 17.7 Å². The fourth-order valence-electron chi connectivity index (χ4n) is 3.28. The van der Waals surface area contributed by atoms with Crippen LogP contribution in [0.1, 0.15) is 48.8 Å². The molecule has 8 heteroatoms. The Labute approximate surface area is 180 Å². The van der Waals surface area contributed by atoms with E-state index in [1.165, 1.54) is 7.11 Å². The van der Waals surface area contributed by atoms with Gasteiger partial charge in [0.25, 0.3) is 0 Å². The Morgan fingerprint density at radius 3 is 2.47 bits per heavy atom. The summed E-state index contributed by atoms with van der Waals surface area (Å²) in [5, 5.41) is 6.62. The first-order chi connectivity index (χ1) is 14.5. The second-order valence-corrected chi connectivity index (χ2v) is 7.07. The van der Waals surface area contributed by atoms with Crippen molar-refractivity contribution < 1.29 is 23.5 Å². The summed E-state index contributed by atoms with van der Waals surface area (Å²) >= 11 is 5.33. The highest BCUT2D eigenvalue weighted by atomic mass is 32.1. The van der Waals surface area contributed by atoms with Crippen LogP contribution in [0.2, 0.25) is 0 Å². The fraction of sp³-hybridized carbons (Fsp3) is 0.318. The SMILES string of the molecule is CCCC1=C(C(=O)OCC)[C@H](c2ccc(-c3ccc(C(=O)OC)cc3)o2)NC(=S)N1. The van der Waals surface area contributed by atoms with Crippen LogP contribution in [0.15, 0.2) is 52.1 Å². The summed E-state index contributed by atoms with van der Waals surface area (Å²) in [6, 6.07) is 9.97. The molecule has 0 aliphatic carbocycles. The van der Waals surface area contributed by atoms with Crippen molar-refractivity contribution in [2.75, 3.05) is 13.7 Å². The third kappa shape index (κ3) is 4.54. The number of carbonyl (C=O) groups is 2. The van der Waals surface area contributed by atoms with Gasteiger partial charge in [-0.25, -0.2) is 9.59 Å². The summed E-state index contributed by atoms with van der Waals surface area (Å²) < 4.78 is 16.1. The van der Waals surface area contributed by atoms with Gasteiger partial charge in [0.05, 0.1) is 24.9 Å². The molecule has 1 aliphatic heterocycles. The minimum Gasteiger partial charge on any atom is -0.465 e. The number of nitrogens with one attached hydrogen (secondary N) is 2. The molecule has 7 nitrogen and oxygen atoms in total. The molecule has 0 saturated carbocycles. The zero-order valence-electron chi connectivity index (χ0n) is 17.1. The van der Waals surface area contributed by atoms with Crippen molar-refractivity contribution in [2.24, 2.45) is 0 Å². The van der Waals surface area contributed by atoms with Crippen LogP contribution in [0.3, 0.4) is 0 Å². The number of furan rings is 1. The summed E-state index contributed by atoms with van der Waals surface area (Å²) in [6.45, 7) is 4.07. The predicted octanol–water partition coefficient (Wildman–Crippen LogP) is 3.87. The first-order valence-electron chi connectivity index (χ1n) is 9.74. The highest BCUT2D eigenvalue weighted by Gasteiger charge is 2.34. The second-order valence-electron chi connectivity index (χ2n) is 6.67. The van der Waals surface area contributed by atoms with E-state index in [4.69, 9.17) is 26.1 Å². The third-order valence-electron chi connectivity index (χ3n) is 4.65. The van der Waals surface area contributed by atoms with Crippen molar-refractivity contribution in [1.29, 1.82) is 0 Å². The zero-order valence-corrected chi connectivity index (χ0v) is 17.9. The van der Waals surface area contributed by atoms with Crippen LogP contribution in [0, 0.1) is 0 Å². The van der Waals surface area contributed by atoms with Gasteiger partial charge in [-0.1, -0.05) is 25.5 Å². The number of carbonyl (C=O) groups excluding carboxylic acids is 2. The normalized spacial score (nSPS) is 16.0. The summed E-state index contributed by atoms with van der Waals surface area (Å²) in [5.74, 6) is 0.339. The molecular formula is C22H24N2O5S. The molecule has 0 saturated heterocycles. The maximum absolute atomic E-state index is 12.7. The molecule has 0 bridgehead atoms. The maximum atomic E-state index is 12.7. The lowest BCUT2D eigenvalue weighted by atomic mass is 9.98. The van der Waals surface area contributed by atoms with Crippen molar-refractivity contribution in [1.82, 2.24) is 10.6 Å². The van der Waals surface area contributed by atoms with Crippen molar-refractivity contribution in [2.45, 2.75) is 32.7 Å². The highest BCUT2D eigenvalue weighted by Crippen LogP contribution is 2.33. The van der Waals surface area contributed by atoms with Gasteiger partial charge in [-0.15, -0.1) is 0 Å². The van der Waals surface area contributed by atoms with Crippen molar-refractivity contribution in [3.8, 4) is 11.3 Å². The first-order valence-corrected chi connectivity index (χ1v) is 10.1. The van der Waals surface area contributed by atoms with Crippen molar-refractivity contribution in [3.63, 3.8) is 0 Å². The van der Waals surface area contributed by atoms with Gasteiger partial charge >= 0.3 is 11.9 Å². The van der Waals surface area contributed by atoms with Crippen LogP contribution in [-0.2, 0) is 14.3 Å². The fourth-order valence-corrected chi connectivity index (χ4v) is 3.52. The molecule has 1 atom stereocenters. The average molecular weight is 429 g/mol. The van der Waals surface area contributed by atoms with Gasteiger partial charge in [0.1, 0.15) is 17.6 Å². The molecule has 0 fully saturated rings. The molecule has 0 spiro atoms. The minimum absolute atomic E-state index is 0.273. The molecule has 3 rings (SSSR count). The number of rotatable bonds is 7. The van der Waals surface area contributed by atoms with Crippen LogP contribution in [0.25, 0.3) is 11.3 Å². The lowest BCUT2D eigenvalue weighted by Gasteiger charge is -2.29. The number of allylic oxidation sites excluding steroid dienone is 1. The summed E-state index contributed by atoms with van der Waals surface area (Å²) in [7, 11) is 1.34. The van der Waals surface area contributed by atoms with Gasteiger partial charge < -0.3 is 24.5 Å². The van der Waals surface area contributed by atoms with Gasteiger partial charge in [0, 0.05) is 11.3 Å². The Morgan fingerprint density at radius 2 is 1.83 bits per heavy atom. The molecule has 0 radical (unpaired) electrons. The van der Waals surface area contributed by atoms with Gasteiger partial charge in [-0.3, -0.25) is 0 Å². The smallest absolute Gasteiger partial charge is 0.338 e. The Kier molecular flexibility index (Phi) is 6.89. The first kappa shape index (κ1) is 21.6. The van der Waals surface area contributed by atoms with E-state index in [2.05, 4.69) is 10.6 Å².